The summed E-state index contributed by atoms with van der Waals surface area (Å²) in [4.78, 5) is 15.7. The van der Waals surface area contributed by atoms with Gasteiger partial charge >= 0.3 is 0 Å². The van der Waals surface area contributed by atoms with Gasteiger partial charge < -0.3 is 21.1 Å². The van der Waals surface area contributed by atoms with Crippen LogP contribution in [-0.2, 0) is 13.0 Å². The Hall–Kier alpha value is -3.02. The molecule has 1 aliphatic rings. The predicted molar refractivity (Wildman–Crippen MR) is 102 cm³/mol. The highest BCUT2D eigenvalue weighted by molar-refractivity contribution is 5.92. The Bertz CT molecular complexity index is 762. The number of aliphatic imine (C=N–C) groups is 1. The highest BCUT2D eigenvalue weighted by Gasteiger charge is 2.22. The lowest BCUT2D eigenvalue weighted by Crippen LogP contribution is -2.42. The van der Waals surface area contributed by atoms with Gasteiger partial charge in [-0.05, 0) is 36.2 Å². The van der Waals surface area contributed by atoms with E-state index in [1.54, 1.807) is 12.1 Å². The summed E-state index contributed by atoms with van der Waals surface area (Å²) in [7, 11) is 0. The fraction of sp³-hybridized carbons (Fsp3) is 0.300. The number of benzene rings is 2. The molecule has 26 heavy (non-hydrogen) atoms. The Balaban J connectivity index is 1.55. The van der Waals surface area contributed by atoms with Gasteiger partial charge in [-0.3, -0.25) is 4.79 Å². The van der Waals surface area contributed by atoms with E-state index in [0.29, 0.717) is 18.7 Å². The number of nitrogens with one attached hydrogen (secondary N) is 2. The number of ether oxygens (including phenoxy) is 1. The summed E-state index contributed by atoms with van der Waals surface area (Å²) in [6.45, 7) is 4.00. The van der Waals surface area contributed by atoms with Crippen molar-refractivity contribution < 1.29 is 9.53 Å². The Morgan fingerprint density at radius 1 is 1.19 bits per heavy atom. The van der Waals surface area contributed by atoms with E-state index in [-0.39, 0.29) is 6.10 Å². The van der Waals surface area contributed by atoms with Crippen molar-refractivity contribution in [2.45, 2.75) is 26.0 Å². The van der Waals surface area contributed by atoms with Crippen LogP contribution in [0.5, 0.6) is 5.75 Å². The predicted octanol–water partition coefficient (Wildman–Crippen LogP) is 1.84. The van der Waals surface area contributed by atoms with Crippen LogP contribution in [0, 0.1) is 0 Å². The smallest absolute Gasteiger partial charge is 0.248 e. The van der Waals surface area contributed by atoms with Gasteiger partial charge in [-0.15, -0.1) is 0 Å². The summed E-state index contributed by atoms with van der Waals surface area (Å²) < 4.78 is 5.94. The molecule has 3 rings (SSSR count). The number of nitrogens with two attached hydrogens (primary N) is 1. The number of fused-ring (bicyclic) bond motifs is 1. The summed E-state index contributed by atoms with van der Waals surface area (Å²) in [5.41, 5.74) is 8.02. The van der Waals surface area contributed by atoms with Gasteiger partial charge in [0.15, 0.2) is 5.96 Å². The maximum atomic E-state index is 11.1. The van der Waals surface area contributed by atoms with Crippen LogP contribution >= 0.6 is 0 Å². The van der Waals surface area contributed by atoms with Gasteiger partial charge in [0.25, 0.3) is 0 Å². The number of nitrogens with zero attached hydrogens (tertiary/aromatic N) is 1. The molecule has 1 atom stereocenters. The first-order valence-corrected chi connectivity index (χ1v) is 8.81. The number of amides is 1. The molecule has 4 N–H and O–H groups in total. The van der Waals surface area contributed by atoms with Crippen LogP contribution < -0.4 is 21.1 Å². The molecule has 0 fully saturated rings. The van der Waals surface area contributed by atoms with Crippen molar-refractivity contribution in [1.29, 1.82) is 0 Å². The minimum absolute atomic E-state index is 0.103. The minimum Gasteiger partial charge on any atom is -0.488 e. The van der Waals surface area contributed by atoms with Gasteiger partial charge in [0.2, 0.25) is 5.91 Å². The molecular formula is C20H24N4O2. The third-order valence-corrected chi connectivity index (χ3v) is 4.21. The van der Waals surface area contributed by atoms with Gasteiger partial charge in [-0.25, -0.2) is 4.99 Å². The van der Waals surface area contributed by atoms with E-state index in [0.717, 1.165) is 30.2 Å². The van der Waals surface area contributed by atoms with Crippen LogP contribution in [0.2, 0.25) is 0 Å². The van der Waals surface area contributed by atoms with Crippen molar-refractivity contribution in [2.24, 2.45) is 10.7 Å². The largest absolute Gasteiger partial charge is 0.488 e. The molecule has 136 valence electrons. The van der Waals surface area contributed by atoms with E-state index in [4.69, 9.17) is 10.5 Å². The van der Waals surface area contributed by atoms with Gasteiger partial charge in [0.05, 0.1) is 13.1 Å². The maximum absolute atomic E-state index is 11.1. The van der Waals surface area contributed by atoms with E-state index < -0.39 is 5.91 Å². The quantitative estimate of drug-likeness (QED) is 0.547. The zero-order valence-electron chi connectivity index (χ0n) is 14.9. The normalized spacial score (nSPS) is 15.9. The van der Waals surface area contributed by atoms with Crippen molar-refractivity contribution in [1.82, 2.24) is 10.6 Å². The van der Waals surface area contributed by atoms with Crippen molar-refractivity contribution in [3.05, 3.63) is 65.2 Å². The van der Waals surface area contributed by atoms with Crippen LogP contribution in [0.15, 0.2) is 53.5 Å². The molecular weight excluding hydrogens is 328 g/mol. The Morgan fingerprint density at radius 2 is 1.96 bits per heavy atom. The monoisotopic (exact) mass is 352 g/mol. The highest BCUT2D eigenvalue weighted by Crippen LogP contribution is 2.27. The van der Waals surface area contributed by atoms with Crippen LogP contribution in [-0.4, -0.2) is 31.1 Å². The van der Waals surface area contributed by atoms with Gasteiger partial charge in [-0.2, -0.15) is 0 Å². The van der Waals surface area contributed by atoms with Crippen LogP contribution in [0.25, 0.3) is 0 Å². The molecule has 0 aliphatic carbocycles. The molecule has 1 aliphatic heterocycles. The summed E-state index contributed by atoms with van der Waals surface area (Å²) in [6, 6.07) is 15.3. The number of guanidine groups is 1. The number of hydrogen-bond acceptors (Lipinski definition) is 3. The molecule has 2 aromatic carbocycles. The van der Waals surface area contributed by atoms with Gasteiger partial charge in [0, 0.05) is 18.5 Å². The van der Waals surface area contributed by atoms with Gasteiger partial charge in [-0.1, -0.05) is 30.3 Å². The van der Waals surface area contributed by atoms with E-state index in [2.05, 4.69) is 21.7 Å². The van der Waals surface area contributed by atoms with Gasteiger partial charge in [0.1, 0.15) is 11.9 Å². The molecule has 6 nitrogen and oxygen atoms in total. The molecule has 1 unspecified atom stereocenters. The maximum Gasteiger partial charge on any atom is 0.248 e. The number of hydrogen-bond donors (Lipinski definition) is 3. The third-order valence-electron chi connectivity index (χ3n) is 4.21. The van der Waals surface area contributed by atoms with E-state index >= 15 is 0 Å². The van der Waals surface area contributed by atoms with Crippen molar-refractivity contribution in [2.75, 3.05) is 13.1 Å². The third kappa shape index (κ3) is 4.53. The first-order chi connectivity index (χ1) is 12.7. The van der Waals surface area contributed by atoms with E-state index in [9.17, 15) is 4.79 Å². The number of para-hydroxylation sites is 1. The molecule has 0 saturated carbocycles. The van der Waals surface area contributed by atoms with E-state index in [1.807, 2.05) is 37.3 Å². The standard InChI is InChI=1S/C20H24N4O2/c1-2-22-20(23-12-14-7-9-15(10-8-14)19(21)25)24-13-17-11-16-5-3-4-6-18(16)26-17/h3-10,17H,2,11-13H2,1H3,(H2,21,25)(H2,22,23,24). The lowest BCUT2D eigenvalue weighted by Gasteiger charge is -2.15. The average Bonchev–Trinajstić information content (AvgIpc) is 3.07. The number of carbonyl (C=O) groups is 1. The molecule has 1 heterocycles. The molecule has 1 amide bonds. The van der Waals surface area contributed by atoms with Crippen molar-refractivity contribution in [3.63, 3.8) is 0 Å². The highest BCUT2D eigenvalue weighted by atomic mass is 16.5. The zero-order chi connectivity index (χ0) is 18.4. The van der Waals surface area contributed by atoms with E-state index in [1.165, 1.54) is 5.56 Å². The Kier molecular flexibility index (Phi) is 5.73. The van der Waals surface area contributed by atoms with Crippen molar-refractivity contribution in [3.8, 4) is 5.75 Å². The van der Waals surface area contributed by atoms with Crippen LogP contribution in [0.4, 0.5) is 0 Å². The fourth-order valence-electron chi connectivity index (χ4n) is 2.86. The summed E-state index contributed by atoms with van der Waals surface area (Å²) >= 11 is 0. The molecule has 0 radical (unpaired) electrons. The minimum atomic E-state index is -0.424. The lowest BCUT2D eigenvalue weighted by atomic mass is 10.1. The number of rotatable bonds is 6. The molecule has 0 spiro atoms. The second-order valence-corrected chi connectivity index (χ2v) is 6.19. The second kappa shape index (κ2) is 8.38. The molecule has 6 heteroatoms. The lowest BCUT2D eigenvalue weighted by molar-refractivity contribution is 0.100. The first-order valence-electron chi connectivity index (χ1n) is 8.81. The van der Waals surface area contributed by atoms with Crippen LogP contribution in [0.1, 0.15) is 28.4 Å². The molecule has 0 bridgehead atoms. The van der Waals surface area contributed by atoms with Crippen molar-refractivity contribution >= 4 is 11.9 Å². The topological polar surface area (TPSA) is 88.7 Å². The number of carbonyl (C=O) groups excluding carboxylic acids is 1. The first kappa shape index (κ1) is 17.8. The summed E-state index contributed by atoms with van der Waals surface area (Å²) in [5.74, 6) is 1.29. The molecule has 0 aromatic heterocycles. The fourth-order valence-corrected chi connectivity index (χ4v) is 2.86. The molecule has 2 aromatic rings. The zero-order valence-corrected chi connectivity index (χ0v) is 14.9. The molecule has 0 saturated heterocycles. The Morgan fingerprint density at radius 3 is 2.65 bits per heavy atom. The summed E-state index contributed by atoms with van der Waals surface area (Å²) in [5, 5.41) is 6.57. The second-order valence-electron chi connectivity index (χ2n) is 6.19. The SMILES string of the molecule is CCNC(=NCc1ccc(C(N)=O)cc1)NCC1Cc2ccccc2O1. The van der Waals surface area contributed by atoms with Crippen LogP contribution in [0.3, 0.4) is 0 Å². The Labute approximate surface area is 153 Å². The summed E-state index contributed by atoms with van der Waals surface area (Å²) in [6.07, 6.45) is 1.00. The average molecular weight is 352 g/mol. The number of primary amides is 1.